The van der Waals surface area contributed by atoms with Gasteiger partial charge in [-0.2, -0.15) is 0 Å². The molecule has 1 fully saturated rings. The van der Waals surface area contributed by atoms with Crippen molar-refractivity contribution in [1.29, 1.82) is 0 Å². The molecule has 1 unspecified atom stereocenters. The molecular weight excluding hydrogens is 332 g/mol. The van der Waals surface area contributed by atoms with Crippen molar-refractivity contribution < 1.29 is 9.47 Å². The van der Waals surface area contributed by atoms with Gasteiger partial charge in [0, 0.05) is 35.2 Å². The number of halogens is 1. The Morgan fingerprint density at radius 3 is 2.86 bits per heavy atom. The Morgan fingerprint density at radius 1 is 1.43 bits per heavy atom. The van der Waals surface area contributed by atoms with Gasteiger partial charge in [-0.05, 0) is 39.0 Å². The lowest BCUT2D eigenvalue weighted by Gasteiger charge is -2.35. The molecule has 0 radical (unpaired) electrons. The number of rotatable bonds is 5. The summed E-state index contributed by atoms with van der Waals surface area (Å²) in [7, 11) is 0. The largest absolute Gasteiger partial charge is 0.490 e. The minimum atomic E-state index is -0.0584. The average Bonchev–Trinajstić information content (AvgIpc) is 2.46. The first kappa shape index (κ1) is 16.7. The second-order valence-corrected chi connectivity index (χ2v) is 6.78. The van der Waals surface area contributed by atoms with Crippen molar-refractivity contribution in [3.05, 3.63) is 28.2 Å². The molecule has 1 aromatic rings. The molecule has 0 aromatic heterocycles. The first-order valence-electron chi connectivity index (χ1n) is 7.51. The van der Waals surface area contributed by atoms with Gasteiger partial charge in [0.25, 0.3) is 0 Å². The minimum absolute atomic E-state index is 0.0584. The van der Waals surface area contributed by atoms with Gasteiger partial charge < -0.3 is 15.2 Å². The molecule has 118 valence electrons. The van der Waals surface area contributed by atoms with Crippen molar-refractivity contribution in [2.75, 3.05) is 26.3 Å². The molecule has 0 bridgehead atoms. The van der Waals surface area contributed by atoms with Gasteiger partial charge in [-0.25, -0.2) is 0 Å². The van der Waals surface area contributed by atoms with Crippen LogP contribution in [-0.4, -0.2) is 43.3 Å². The van der Waals surface area contributed by atoms with Crippen molar-refractivity contribution in [2.24, 2.45) is 5.73 Å². The summed E-state index contributed by atoms with van der Waals surface area (Å²) < 4.78 is 12.8. The normalized spacial score (nSPS) is 21.5. The van der Waals surface area contributed by atoms with E-state index in [0.717, 1.165) is 35.5 Å². The SMILES string of the molecule is CC(C)N1CCOC(COc2ccc(Br)cc2[C@@H](C)N)C1. The molecule has 21 heavy (non-hydrogen) atoms. The first-order chi connectivity index (χ1) is 9.97. The summed E-state index contributed by atoms with van der Waals surface area (Å²) in [5, 5.41) is 0. The van der Waals surface area contributed by atoms with Crippen molar-refractivity contribution in [1.82, 2.24) is 4.90 Å². The standard InChI is InChI=1S/C16H25BrN2O2/c1-11(2)19-6-7-20-14(9-19)10-21-16-5-4-13(17)8-15(16)12(3)18/h4-5,8,11-12,14H,6-7,9-10,18H2,1-3H3/t12-,14?/m1/s1. The lowest BCUT2D eigenvalue weighted by Crippen LogP contribution is -2.47. The van der Waals surface area contributed by atoms with Crippen molar-refractivity contribution in [3.8, 4) is 5.75 Å². The molecule has 0 saturated carbocycles. The summed E-state index contributed by atoms with van der Waals surface area (Å²) >= 11 is 3.47. The van der Waals surface area contributed by atoms with Gasteiger partial charge in [0.2, 0.25) is 0 Å². The molecule has 0 aliphatic carbocycles. The van der Waals surface area contributed by atoms with E-state index in [1.165, 1.54) is 0 Å². The Kier molecular flexibility index (Phi) is 6.05. The van der Waals surface area contributed by atoms with E-state index in [9.17, 15) is 0 Å². The summed E-state index contributed by atoms with van der Waals surface area (Å²) in [5.41, 5.74) is 7.03. The third-order valence-electron chi connectivity index (χ3n) is 3.79. The molecule has 0 spiro atoms. The van der Waals surface area contributed by atoms with E-state index in [1.807, 2.05) is 25.1 Å². The van der Waals surface area contributed by atoms with Gasteiger partial charge in [-0.15, -0.1) is 0 Å². The molecule has 1 aliphatic rings. The Labute approximate surface area is 135 Å². The van der Waals surface area contributed by atoms with Gasteiger partial charge in [0.1, 0.15) is 18.5 Å². The number of ether oxygens (including phenoxy) is 2. The summed E-state index contributed by atoms with van der Waals surface area (Å²) in [6.07, 6.45) is 0.116. The van der Waals surface area contributed by atoms with E-state index in [4.69, 9.17) is 15.2 Å². The van der Waals surface area contributed by atoms with Crippen LogP contribution in [0.25, 0.3) is 0 Å². The Morgan fingerprint density at radius 2 is 2.19 bits per heavy atom. The fourth-order valence-electron chi connectivity index (χ4n) is 2.50. The van der Waals surface area contributed by atoms with Gasteiger partial charge in [-0.3, -0.25) is 4.90 Å². The van der Waals surface area contributed by atoms with Crippen LogP contribution in [0, 0.1) is 0 Å². The number of nitrogens with zero attached hydrogens (tertiary/aromatic N) is 1. The highest BCUT2D eigenvalue weighted by atomic mass is 79.9. The topological polar surface area (TPSA) is 47.7 Å². The van der Waals surface area contributed by atoms with Crippen LogP contribution >= 0.6 is 15.9 Å². The van der Waals surface area contributed by atoms with Crippen molar-refractivity contribution in [3.63, 3.8) is 0 Å². The number of benzene rings is 1. The summed E-state index contributed by atoms with van der Waals surface area (Å²) in [6.45, 7) is 9.64. The average molecular weight is 357 g/mol. The smallest absolute Gasteiger partial charge is 0.124 e. The van der Waals surface area contributed by atoms with Crippen LogP contribution in [0.2, 0.25) is 0 Å². The molecule has 2 rings (SSSR count). The predicted octanol–water partition coefficient (Wildman–Crippen LogP) is 2.96. The molecule has 2 N–H and O–H groups in total. The third-order valence-corrected chi connectivity index (χ3v) is 4.28. The van der Waals surface area contributed by atoms with Gasteiger partial charge in [0.15, 0.2) is 0 Å². The Hall–Kier alpha value is -0.620. The lowest BCUT2D eigenvalue weighted by atomic mass is 10.1. The Bertz CT molecular complexity index is 466. The minimum Gasteiger partial charge on any atom is -0.490 e. The molecule has 5 heteroatoms. The summed E-state index contributed by atoms with van der Waals surface area (Å²) in [6, 6.07) is 6.44. The third kappa shape index (κ3) is 4.68. The molecule has 1 aromatic carbocycles. The molecule has 1 heterocycles. The molecule has 0 amide bonds. The lowest BCUT2D eigenvalue weighted by molar-refractivity contribution is -0.0565. The number of nitrogens with two attached hydrogens (primary N) is 1. The fourth-order valence-corrected chi connectivity index (χ4v) is 2.88. The second-order valence-electron chi connectivity index (χ2n) is 5.86. The van der Waals surface area contributed by atoms with Crippen molar-refractivity contribution in [2.45, 2.75) is 39.0 Å². The highest BCUT2D eigenvalue weighted by Gasteiger charge is 2.23. The van der Waals surface area contributed by atoms with E-state index in [2.05, 4.69) is 34.7 Å². The first-order valence-corrected chi connectivity index (χ1v) is 8.30. The van der Waals surface area contributed by atoms with E-state index >= 15 is 0 Å². The number of hydrogen-bond donors (Lipinski definition) is 1. The highest BCUT2D eigenvalue weighted by molar-refractivity contribution is 9.10. The van der Waals surface area contributed by atoms with Crippen LogP contribution in [0.3, 0.4) is 0 Å². The summed E-state index contributed by atoms with van der Waals surface area (Å²) in [5.74, 6) is 0.846. The van der Waals surface area contributed by atoms with Crippen LogP contribution in [0.15, 0.2) is 22.7 Å². The van der Waals surface area contributed by atoms with Gasteiger partial charge in [0.05, 0.1) is 6.61 Å². The zero-order valence-corrected chi connectivity index (χ0v) is 14.6. The molecular formula is C16H25BrN2O2. The van der Waals surface area contributed by atoms with Crippen LogP contribution in [0.5, 0.6) is 5.75 Å². The quantitative estimate of drug-likeness (QED) is 0.880. The second kappa shape index (κ2) is 7.58. The molecule has 1 aliphatic heterocycles. The van der Waals surface area contributed by atoms with Crippen molar-refractivity contribution >= 4 is 15.9 Å². The van der Waals surface area contributed by atoms with Gasteiger partial charge >= 0.3 is 0 Å². The zero-order chi connectivity index (χ0) is 15.4. The van der Waals surface area contributed by atoms with Crippen LogP contribution in [0.4, 0.5) is 0 Å². The van der Waals surface area contributed by atoms with Crippen LogP contribution in [0.1, 0.15) is 32.4 Å². The highest BCUT2D eigenvalue weighted by Crippen LogP contribution is 2.27. The van der Waals surface area contributed by atoms with Crippen LogP contribution in [-0.2, 0) is 4.74 Å². The summed E-state index contributed by atoms with van der Waals surface area (Å²) in [4.78, 5) is 2.42. The Balaban J connectivity index is 1.96. The van der Waals surface area contributed by atoms with E-state index in [0.29, 0.717) is 12.6 Å². The maximum Gasteiger partial charge on any atom is 0.124 e. The van der Waals surface area contributed by atoms with E-state index in [-0.39, 0.29) is 12.1 Å². The monoisotopic (exact) mass is 356 g/mol. The number of hydrogen-bond acceptors (Lipinski definition) is 4. The maximum atomic E-state index is 6.01. The maximum absolute atomic E-state index is 6.01. The molecule has 4 nitrogen and oxygen atoms in total. The van der Waals surface area contributed by atoms with E-state index < -0.39 is 0 Å². The zero-order valence-electron chi connectivity index (χ0n) is 13.0. The molecule has 1 saturated heterocycles. The number of morpholine rings is 1. The fraction of sp³-hybridized carbons (Fsp3) is 0.625. The van der Waals surface area contributed by atoms with Crippen LogP contribution < -0.4 is 10.5 Å². The van der Waals surface area contributed by atoms with E-state index in [1.54, 1.807) is 0 Å². The van der Waals surface area contributed by atoms with Gasteiger partial charge in [-0.1, -0.05) is 15.9 Å². The predicted molar refractivity (Wildman–Crippen MR) is 88.7 cm³/mol. The molecule has 2 atom stereocenters.